The molecule has 0 saturated carbocycles. The van der Waals surface area contributed by atoms with E-state index in [4.69, 9.17) is 0 Å². The van der Waals surface area contributed by atoms with E-state index in [2.05, 4.69) is 10.3 Å². The van der Waals surface area contributed by atoms with Crippen molar-refractivity contribution in [3.05, 3.63) is 11.9 Å². The highest BCUT2D eigenvalue weighted by atomic mass is 16.3. The van der Waals surface area contributed by atoms with Gasteiger partial charge in [0.1, 0.15) is 5.69 Å². The summed E-state index contributed by atoms with van der Waals surface area (Å²) < 4.78 is 1.77. The molecule has 3 heterocycles. The molecule has 2 aliphatic heterocycles. The molecule has 1 N–H and O–H groups in total. The standard InChI is InChI=1S/C16H25N5O3/c1-12(22)14-10-21(18-17-14)9-13-4-7-19(8-5-13)16(24)11-20-6-2-3-15(20)23/h10,12-13,22H,2-9,11H2,1H3/t12-/m0/s1. The molecule has 2 aliphatic rings. The summed E-state index contributed by atoms with van der Waals surface area (Å²) in [5, 5.41) is 17.5. The van der Waals surface area contributed by atoms with Gasteiger partial charge in [-0.1, -0.05) is 5.21 Å². The molecule has 0 radical (unpaired) electrons. The molecular formula is C16H25N5O3. The van der Waals surface area contributed by atoms with E-state index in [0.29, 0.717) is 24.6 Å². The zero-order chi connectivity index (χ0) is 17.1. The third-order valence-corrected chi connectivity index (χ3v) is 4.89. The number of aliphatic hydroxyl groups excluding tert-OH is 1. The van der Waals surface area contributed by atoms with Crippen LogP contribution in [0.1, 0.15) is 44.4 Å². The van der Waals surface area contributed by atoms with E-state index in [1.54, 1.807) is 22.7 Å². The zero-order valence-corrected chi connectivity index (χ0v) is 14.1. The van der Waals surface area contributed by atoms with Gasteiger partial charge in [-0.05, 0) is 32.1 Å². The summed E-state index contributed by atoms with van der Waals surface area (Å²) in [6, 6.07) is 0. The fourth-order valence-corrected chi connectivity index (χ4v) is 3.36. The highest BCUT2D eigenvalue weighted by Crippen LogP contribution is 2.20. The average molecular weight is 335 g/mol. The average Bonchev–Trinajstić information content (AvgIpc) is 3.18. The Balaban J connectivity index is 1.44. The van der Waals surface area contributed by atoms with Gasteiger partial charge in [0.05, 0.1) is 18.8 Å². The van der Waals surface area contributed by atoms with Crippen molar-refractivity contribution >= 4 is 11.8 Å². The number of nitrogens with zero attached hydrogens (tertiary/aromatic N) is 5. The number of hydrogen-bond acceptors (Lipinski definition) is 5. The van der Waals surface area contributed by atoms with Gasteiger partial charge >= 0.3 is 0 Å². The summed E-state index contributed by atoms with van der Waals surface area (Å²) in [7, 11) is 0. The fraction of sp³-hybridized carbons (Fsp3) is 0.750. The minimum absolute atomic E-state index is 0.0563. The molecule has 0 unspecified atom stereocenters. The lowest BCUT2D eigenvalue weighted by Crippen LogP contribution is -2.44. The van der Waals surface area contributed by atoms with Crippen molar-refractivity contribution in [2.45, 2.75) is 45.3 Å². The van der Waals surface area contributed by atoms with Crippen LogP contribution in [-0.4, -0.2) is 67.9 Å². The number of likely N-dealkylation sites (tertiary alicyclic amines) is 2. The first kappa shape index (κ1) is 16.9. The molecule has 0 aliphatic carbocycles. The molecule has 8 nitrogen and oxygen atoms in total. The van der Waals surface area contributed by atoms with E-state index in [1.165, 1.54) is 0 Å². The maximum absolute atomic E-state index is 12.3. The Bertz CT molecular complexity index is 592. The van der Waals surface area contributed by atoms with Crippen molar-refractivity contribution in [2.24, 2.45) is 5.92 Å². The van der Waals surface area contributed by atoms with E-state index >= 15 is 0 Å². The smallest absolute Gasteiger partial charge is 0.242 e. The van der Waals surface area contributed by atoms with E-state index in [0.717, 1.165) is 38.9 Å². The largest absolute Gasteiger partial charge is 0.387 e. The maximum atomic E-state index is 12.3. The minimum atomic E-state index is -0.605. The Morgan fingerprint density at radius 1 is 1.38 bits per heavy atom. The summed E-state index contributed by atoms with van der Waals surface area (Å²) in [6.45, 7) is 4.81. The van der Waals surface area contributed by atoms with Gasteiger partial charge in [-0.25, -0.2) is 0 Å². The molecule has 2 saturated heterocycles. The maximum Gasteiger partial charge on any atom is 0.242 e. The van der Waals surface area contributed by atoms with Crippen molar-refractivity contribution in [3.63, 3.8) is 0 Å². The Labute approximate surface area is 141 Å². The van der Waals surface area contributed by atoms with Gasteiger partial charge in [0.15, 0.2) is 0 Å². The second kappa shape index (κ2) is 7.29. The van der Waals surface area contributed by atoms with Crippen molar-refractivity contribution in [1.29, 1.82) is 0 Å². The number of carbonyl (C=O) groups excluding carboxylic acids is 2. The van der Waals surface area contributed by atoms with Crippen molar-refractivity contribution in [2.75, 3.05) is 26.2 Å². The number of carbonyl (C=O) groups is 2. The molecule has 0 aromatic carbocycles. The van der Waals surface area contributed by atoms with E-state index in [-0.39, 0.29) is 18.4 Å². The zero-order valence-electron chi connectivity index (χ0n) is 14.1. The second-order valence-corrected chi connectivity index (χ2v) is 6.78. The number of amides is 2. The van der Waals surface area contributed by atoms with Crippen LogP contribution in [0.5, 0.6) is 0 Å². The van der Waals surface area contributed by atoms with Crippen LogP contribution >= 0.6 is 0 Å². The van der Waals surface area contributed by atoms with Gasteiger partial charge in [0, 0.05) is 32.6 Å². The third kappa shape index (κ3) is 3.92. The van der Waals surface area contributed by atoms with Crippen molar-refractivity contribution in [1.82, 2.24) is 24.8 Å². The van der Waals surface area contributed by atoms with Crippen LogP contribution < -0.4 is 0 Å². The Morgan fingerprint density at radius 3 is 2.71 bits per heavy atom. The quantitative estimate of drug-likeness (QED) is 0.829. The van der Waals surface area contributed by atoms with Crippen molar-refractivity contribution in [3.8, 4) is 0 Å². The van der Waals surface area contributed by atoms with Gasteiger partial charge in [-0.2, -0.15) is 0 Å². The lowest BCUT2D eigenvalue weighted by atomic mass is 9.97. The van der Waals surface area contributed by atoms with Crippen LogP contribution in [0.25, 0.3) is 0 Å². The Morgan fingerprint density at radius 2 is 2.12 bits per heavy atom. The molecule has 0 spiro atoms. The molecule has 1 aromatic rings. The first-order chi connectivity index (χ1) is 11.5. The first-order valence-electron chi connectivity index (χ1n) is 8.66. The van der Waals surface area contributed by atoms with E-state index < -0.39 is 6.10 Å². The molecular weight excluding hydrogens is 310 g/mol. The topological polar surface area (TPSA) is 91.6 Å². The highest BCUT2D eigenvalue weighted by Gasteiger charge is 2.27. The second-order valence-electron chi connectivity index (χ2n) is 6.78. The van der Waals surface area contributed by atoms with E-state index in [1.807, 2.05) is 4.90 Å². The summed E-state index contributed by atoms with van der Waals surface area (Å²) in [4.78, 5) is 27.5. The molecule has 1 aromatic heterocycles. The van der Waals surface area contributed by atoms with E-state index in [9.17, 15) is 14.7 Å². The number of rotatable bonds is 5. The van der Waals surface area contributed by atoms with Crippen molar-refractivity contribution < 1.29 is 14.7 Å². The normalized spacial score (nSPS) is 20.7. The van der Waals surface area contributed by atoms with Crippen LogP contribution in [0.3, 0.4) is 0 Å². The number of aromatic nitrogens is 3. The van der Waals surface area contributed by atoms with Crippen LogP contribution in [-0.2, 0) is 16.1 Å². The number of hydrogen-bond donors (Lipinski definition) is 1. The van der Waals surface area contributed by atoms with Crippen LogP contribution in [0, 0.1) is 5.92 Å². The SMILES string of the molecule is C[C@H](O)c1cn(CC2CCN(C(=O)CN3CCCC3=O)CC2)nn1. The predicted octanol–water partition coefficient (Wildman–Crippen LogP) is 0.192. The van der Waals surface area contributed by atoms with Crippen LogP contribution in [0.15, 0.2) is 6.20 Å². The van der Waals surface area contributed by atoms with Gasteiger partial charge in [-0.3, -0.25) is 14.3 Å². The summed E-state index contributed by atoms with van der Waals surface area (Å²) in [6.07, 6.45) is 4.45. The Kier molecular flexibility index (Phi) is 5.13. The molecule has 132 valence electrons. The molecule has 1 atom stereocenters. The monoisotopic (exact) mass is 335 g/mol. The molecule has 24 heavy (non-hydrogen) atoms. The predicted molar refractivity (Wildman–Crippen MR) is 85.8 cm³/mol. The third-order valence-electron chi connectivity index (χ3n) is 4.89. The van der Waals surface area contributed by atoms with Gasteiger partial charge in [0.2, 0.25) is 11.8 Å². The number of aliphatic hydroxyl groups is 1. The highest BCUT2D eigenvalue weighted by molar-refractivity contribution is 5.85. The van der Waals surface area contributed by atoms with Gasteiger partial charge < -0.3 is 14.9 Å². The summed E-state index contributed by atoms with van der Waals surface area (Å²) >= 11 is 0. The molecule has 2 fully saturated rings. The van der Waals surface area contributed by atoms with Gasteiger partial charge in [0.25, 0.3) is 0 Å². The first-order valence-corrected chi connectivity index (χ1v) is 8.66. The number of piperidine rings is 1. The van der Waals surface area contributed by atoms with Crippen LogP contribution in [0.4, 0.5) is 0 Å². The lowest BCUT2D eigenvalue weighted by Gasteiger charge is -2.33. The van der Waals surface area contributed by atoms with Gasteiger partial charge in [-0.15, -0.1) is 5.10 Å². The molecule has 8 heteroatoms. The lowest BCUT2D eigenvalue weighted by molar-refractivity contribution is -0.139. The summed E-state index contributed by atoms with van der Waals surface area (Å²) in [5.41, 5.74) is 0.581. The summed E-state index contributed by atoms with van der Waals surface area (Å²) in [5.74, 6) is 0.602. The molecule has 0 bridgehead atoms. The fourth-order valence-electron chi connectivity index (χ4n) is 3.36. The molecule has 2 amide bonds. The Hall–Kier alpha value is -1.96. The minimum Gasteiger partial charge on any atom is -0.387 e. The molecule has 3 rings (SSSR count). The van der Waals surface area contributed by atoms with Crippen LogP contribution in [0.2, 0.25) is 0 Å².